The number of piperazine rings is 1. The van der Waals surface area contributed by atoms with Crippen LogP contribution in [-0.4, -0.2) is 46.2 Å². The van der Waals surface area contributed by atoms with Gasteiger partial charge in [-0.2, -0.15) is 0 Å². The Morgan fingerprint density at radius 3 is 2.35 bits per heavy atom. The Kier molecular flexibility index (Phi) is 3.52. The molecule has 0 spiro atoms. The number of rotatable bonds is 2. The SMILES string of the molecule is CC1(C)CN(C(=O)O)CCN1c1ccc([N+](=O)[O-])cc1. The van der Waals surface area contributed by atoms with Gasteiger partial charge in [0.2, 0.25) is 0 Å². The van der Waals surface area contributed by atoms with Crippen LogP contribution in [0.5, 0.6) is 0 Å². The normalized spacial score (nSPS) is 17.9. The van der Waals surface area contributed by atoms with E-state index >= 15 is 0 Å². The largest absolute Gasteiger partial charge is 0.465 e. The van der Waals surface area contributed by atoms with Gasteiger partial charge in [-0.1, -0.05) is 0 Å². The first-order valence-corrected chi connectivity index (χ1v) is 6.31. The van der Waals surface area contributed by atoms with E-state index in [1.165, 1.54) is 17.0 Å². The molecule has 0 aromatic heterocycles. The molecule has 2 rings (SSSR count). The molecule has 1 aromatic carbocycles. The molecule has 1 saturated heterocycles. The van der Waals surface area contributed by atoms with Gasteiger partial charge in [0.05, 0.1) is 10.5 Å². The van der Waals surface area contributed by atoms with Crippen LogP contribution in [0.3, 0.4) is 0 Å². The van der Waals surface area contributed by atoms with Crippen molar-refractivity contribution in [1.82, 2.24) is 4.90 Å². The van der Waals surface area contributed by atoms with Gasteiger partial charge in [0, 0.05) is 37.5 Å². The molecule has 7 heteroatoms. The first-order chi connectivity index (χ1) is 9.31. The molecule has 1 heterocycles. The first-order valence-electron chi connectivity index (χ1n) is 6.31. The maximum absolute atomic E-state index is 11.0. The molecule has 1 aliphatic heterocycles. The molecule has 1 aromatic rings. The summed E-state index contributed by atoms with van der Waals surface area (Å²) in [6, 6.07) is 6.34. The summed E-state index contributed by atoms with van der Waals surface area (Å²) in [4.78, 5) is 24.7. The molecule has 1 N–H and O–H groups in total. The third kappa shape index (κ3) is 2.66. The number of carbonyl (C=O) groups is 1. The molecule has 7 nitrogen and oxygen atoms in total. The van der Waals surface area contributed by atoms with Crippen LogP contribution in [0.2, 0.25) is 0 Å². The Balaban J connectivity index is 2.20. The van der Waals surface area contributed by atoms with E-state index in [2.05, 4.69) is 4.90 Å². The van der Waals surface area contributed by atoms with Crippen LogP contribution < -0.4 is 4.90 Å². The third-order valence-corrected chi connectivity index (χ3v) is 3.54. The predicted octanol–water partition coefficient (Wildman–Crippen LogP) is 2.17. The first kappa shape index (κ1) is 14.1. The Hall–Kier alpha value is -2.31. The molecule has 0 saturated carbocycles. The van der Waals surface area contributed by atoms with Crippen molar-refractivity contribution in [2.24, 2.45) is 0 Å². The molecule has 20 heavy (non-hydrogen) atoms. The average molecular weight is 279 g/mol. The number of nitro groups is 1. The van der Waals surface area contributed by atoms with Crippen molar-refractivity contribution in [1.29, 1.82) is 0 Å². The minimum Gasteiger partial charge on any atom is -0.465 e. The van der Waals surface area contributed by atoms with Crippen molar-refractivity contribution in [3.63, 3.8) is 0 Å². The number of anilines is 1. The van der Waals surface area contributed by atoms with E-state index in [1.807, 2.05) is 13.8 Å². The van der Waals surface area contributed by atoms with Crippen LogP contribution in [-0.2, 0) is 0 Å². The number of carboxylic acid groups (broad SMARTS) is 1. The Morgan fingerprint density at radius 2 is 1.90 bits per heavy atom. The average Bonchev–Trinajstić information content (AvgIpc) is 2.37. The molecular weight excluding hydrogens is 262 g/mol. The summed E-state index contributed by atoms with van der Waals surface area (Å²) in [5, 5.41) is 19.7. The summed E-state index contributed by atoms with van der Waals surface area (Å²) in [6.45, 7) is 5.32. The standard InChI is InChI=1S/C13H17N3O4/c1-13(2)9-14(12(17)18)7-8-15(13)10-3-5-11(6-4-10)16(19)20/h3-6H,7-9H2,1-2H3,(H,17,18). The number of amides is 1. The molecule has 0 atom stereocenters. The Labute approximate surface area is 116 Å². The fraction of sp³-hybridized carbons (Fsp3) is 0.462. The Bertz CT molecular complexity index is 527. The van der Waals surface area contributed by atoms with Crippen molar-refractivity contribution in [2.45, 2.75) is 19.4 Å². The highest BCUT2D eigenvalue weighted by Crippen LogP contribution is 2.29. The van der Waals surface area contributed by atoms with Gasteiger partial charge >= 0.3 is 6.09 Å². The lowest BCUT2D eigenvalue weighted by atomic mass is 9.98. The highest BCUT2D eigenvalue weighted by molar-refractivity contribution is 5.66. The van der Waals surface area contributed by atoms with Gasteiger partial charge in [0.15, 0.2) is 0 Å². The van der Waals surface area contributed by atoms with E-state index in [-0.39, 0.29) is 11.2 Å². The lowest BCUT2D eigenvalue weighted by Gasteiger charge is -2.47. The predicted molar refractivity (Wildman–Crippen MR) is 74.1 cm³/mol. The number of hydrogen-bond acceptors (Lipinski definition) is 4. The van der Waals surface area contributed by atoms with Gasteiger partial charge in [0.1, 0.15) is 0 Å². The maximum Gasteiger partial charge on any atom is 0.407 e. The number of nitrogens with zero attached hydrogens (tertiary/aromatic N) is 3. The minimum atomic E-state index is -0.915. The molecule has 1 amide bonds. The van der Waals surface area contributed by atoms with Gasteiger partial charge in [-0.25, -0.2) is 4.79 Å². The van der Waals surface area contributed by atoms with Gasteiger partial charge in [-0.05, 0) is 26.0 Å². The van der Waals surface area contributed by atoms with Crippen molar-refractivity contribution >= 4 is 17.5 Å². The summed E-state index contributed by atoms with van der Waals surface area (Å²) < 4.78 is 0. The third-order valence-electron chi connectivity index (χ3n) is 3.54. The minimum absolute atomic E-state index is 0.0516. The van der Waals surface area contributed by atoms with Crippen molar-refractivity contribution in [3.8, 4) is 0 Å². The van der Waals surface area contributed by atoms with Crippen LogP contribution >= 0.6 is 0 Å². The number of hydrogen-bond donors (Lipinski definition) is 1. The zero-order chi connectivity index (χ0) is 14.9. The molecule has 1 fully saturated rings. The molecule has 0 radical (unpaired) electrons. The summed E-state index contributed by atoms with van der Waals surface area (Å²) in [7, 11) is 0. The van der Waals surface area contributed by atoms with E-state index in [0.29, 0.717) is 19.6 Å². The Morgan fingerprint density at radius 1 is 1.30 bits per heavy atom. The molecule has 0 unspecified atom stereocenters. The van der Waals surface area contributed by atoms with Crippen LogP contribution in [0.1, 0.15) is 13.8 Å². The monoisotopic (exact) mass is 279 g/mol. The smallest absolute Gasteiger partial charge is 0.407 e. The lowest BCUT2D eigenvalue weighted by Crippen LogP contribution is -2.60. The van der Waals surface area contributed by atoms with Crippen molar-refractivity contribution in [2.75, 3.05) is 24.5 Å². The van der Waals surface area contributed by atoms with Gasteiger partial charge < -0.3 is 14.9 Å². The van der Waals surface area contributed by atoms with Crippen molar-refractivity contribution < 1.29 is 14.8 Å². The maximum atomic E-state index is 11.0. The molecular formula is C13H17N3O4. The lowest BCUT2D eigenvalue weighted by molar-refractivity contribution is -0.384. The van der Waals surface area contributed by atoms with E-state index in [0.717, 1.165) is 5.69 Å². The molecule has 1 aliphatic rings. The van der Waals surface area contributed by atoms with E-state index in [9.17, 15) is 14.9 Å². The highest BCUT2D eigenvalue weighted by atomic mass is 16.6. The summed E-state index contributed by atoms with van der Waals surface area (Å²) in [5.74, 6) is 0. The second-order valence-electron chi connectivity index (χ2n) is 5.44. The van der Waals surface area contributed by atoms with Crippen LogP contribution in [0, 0.1) is 10.1 Å². The summed E-state index contributed by atoms with van der Waals surface area (Å²) in [5.41, 5.74) is 0.564. The van der Waals surface area contributed by atoms with E-state index in [4.69, 9.17) is 5.11 Å². The quantitative estimate of drug-likeness (QED) is 0.662. The zero-order valence-electron chi connectivity index (χ0n) is 11.4. The molecule has 108 valence electrons. The topological polar surface area (TPSA) is 86.9 Å². The second kappa shape index (κ2) is 4.99. The van der Waals surface area contributed by atoms with E-state index in [1.54, 1.807) is 12.1 Å². The summed E-state index contributed by atoms with van der Waals surface area (Å²) >= 11 is 0. The second-order valence-corrected chi connectivity index (χ2v) is 5.44. The number of benzene rings is 1. The van der Waals surface area contributed by atoms with Crippen molar-refractivity contribution in [3.05, 3.63) is 34.4 Å². The van der Waals surface area contributed by atoms with Crippen LogP contribution in [0.15, 0.2) is 24.3 Å². The number of nitro benzene ring substituents is 1. The highest BCUT2D eigenvalue weighted by Gasteiger charge is 2.35. The fourth-order valence-electron chi connectivity index (χ4n) is 2.55. The van der Waals surface area contributed by atoms with Gasteiger partial charge in [0.25, 0.3) is 5.69 Å². The van der Waals surface area contributed by atoms with Crippen LogP contribution in [0.4, 0.5) is 16.2 Å². The fourth-order valence-corrected chi connectivity index (χ4v) is 2.55. The van der Waals surface area contributed by atoms with Crippen LogP contribution in [0.25, 0.3) is 0 Å². The van der Waals surface area contributed by atoms with Gasteiger partial charge in [-0.15, -0.1) is 0 Å². The molecule has 0 aliphatic carbocycles. The zero-order valence-corrected chi connectivity index (χ0v) is 11.4. The summed E-state index contributed by atoms with van der Waals surface area (Å²) in [6.07, 6.45) is -0.915. The van der Waals surface area contributed by atoms with Gasteiger partial charge in [-0.3, -0.25) is 10.1 Å². The molecule has 0 bridgehead atoms. The van der Waals surface area contributed by atoms with E-state index < -0.39 is 11.0 Å². The number of non-ortho nitro benzene ring substituents is 1.